The fourth-order valence-corrected chi connectivity index (χ4v) is 2.18. The summed E-state index contributed by atoms with van der Waals surface area (Å²) >= 11 is 0. The zero-order chi connectivity index (χ0) is 16.3. The van der Waals surface area contributed by atoms with Crippen LogP contribution in [0.1, 0.15) is 30.2 Å². The van der Waals surface area contributed by atoms with Gasteiger partial charge in [0, 0.05) is 18.4 Å². The number of aliphatic carboxylic acids is 1. The number of aryl methyl sites for hydroxylation is 2. The third-order valence-electron chi connectivity index (χ3n) is 3.32. The molecule has 0 fully saturated rings. The Bertz CT molecular complexity index is 654. The van der Waals surface area contributed by atoms with Gasteiger partial charge in [-0.25, -0.2) is 0 Å². The van der Waals surface area contributed by atoms with E-state index in [1.807, 2.05) is 6.92 Å². The molecule has 0 radical (unpaired) electrons. The molecule has 22 heavy (non-hydrogen) atoms. The van der Waals surface area contributed by atoms with Gasteiger partial charge in [-0.3, -0.25) is 4.79 Å². The number of carboxylic acids is 1. The average molecular weight is 312 g/mol. The molecule has 1 aromatic heterocycles. The molecule has 0 unspecified atom stereocenters. The van der Waals surface area contributed by atoms with Crippen LogP contribution in [-0.2, 0) is 23.8 Å². The lowest BCUT2D eigenvalue weighted by atomic mass is 10.1. The van der Waals surface area contributed by atoms with E-state index in [1.54, 1.807) is 6.07 Å². The third-order valence-corrected chi connectivity index (χ3v) is 3.32. The number of furan rings is 1. The maximum Gasteiger partial charge on any atom is 0.416 e. The van der Waals surface area contributed by atoms with Gasteiger partial charge in [0.1, 0.15) is 11.5 Å². The predicted octanol–water partition coefficient (Wildman–Crippen LogP) is 4.55. The minimum Gasteiger partial charge on any atom is -0.481 e. The highest BCUT2D eigenvalue weighted by Crippen LogP contribution is 2.32. The first-order chi connectivity index (χ1) is 10.3. The van der Waals surface area contributed by atoms with Crippen molar-refractivity contribution in [3.63, 3.8) is 0 Å². The molecule has 0 atom stereocenters. The Morgan fingerprint density at radius 3 is 2.36 bits per heavy atom. The van der Waals surface area contributed by atoms with Gasteiger partial charge < -0.3 is 9.52 Å². The Hall–Kier alpha value is -2.24. The lowest BCUT2D eigenvalue weighted by Gasteiger charge is -2.06. The summed E-state index contributed by atoms with van der Waals surface area (Å²) in [4.78, 5) is 10.6. The van der Waals surface area contributed by atoms with E-state index >= 15 is 0 Å². The van der Waals surface area contributed by atoms with E-state index in [-0.39, 0.29) is 6.42 Å². The molecule has 6 heteroatoms. The summed E-state index contributed by atoms with van der Waals surface area (Å²) in [7, 11) is 0. The minimum atomic E-state index is -4.37. The normalized spacial score (nSPS) is 11.6. The maximum absolute atomic E-state index is 12.5. The van der Waals surface area contributed by atoms with Crippen LogP contribution in [0.25, 0.3) is 11.3 Å². The van der Waals surface area contributed by atoms with E-state index < -0.39 is 17.7 Å². The van der Waals surface area contributed by atoms with Crippen LogP contribution in [-0.4, -0.2) is 11.1 Å². The number of halogens is 3. The summed E-state index contributed by atoms with van der Waals surface area (Å²) in [6.45, 7) is 1.87. The first-order valence-electron chi connectivity index (χ1n) is 6.82. The van der Waals surface area contributed by atoms with Crippen molar-refractivity contribution in [1.82, 2.24) is 0 Å². The van der Waals surface area contributed by atoms with Crippen molar-refractivity contribution >= 4 is 5.97 Å². The zero-order valence-electron chi connectivity index (χ0n) is 11.9. The quantitative estimate of drug-likeness (QED) is 0.881. The van der Waals surface area contributed by atoms with Crippen molar-refractivity contribution < 1.29 is 27.5 Å². The molecule has 2 aromatic rings. The topological polar surface area (TPSA) is 50.4 Å². The number of hydrogen-bond acceptors (Lipinski definition) is 2. The van der Waals surface area contributed by atoms with E-state index in [4.69, 9.17) is 9.52 Å². The standard InChI is InChI=1S/C16H15F3O3/c1-2-13-11(5-8-15(20)21)9-14(22-13)10-3-6-12(7-4-10)16(17,18)19/h3-4,6-7,9H,2,5,8H2,1H3,(H,20,21). The van der Waals surface area contributed by atoms with Crippen molar-refractivity contribution in [3.8, 4) is 11.3 Å². The molecule has 2 rings (SSSR count). The van der Waals surface area contributed by atoms with Crippen molar-refractivity contribution in [2.24, 2.45) is 0 Å². The number of carboxylic acid groups (broad SMARTS) is 1. The van der Waals surface area contributed by atoms with Gasteiger partial charge in [-0.05, 0) is 30.2 Å². The second-order valence-electron chi connectivity index (χ2n) is 4.88. The number of benzene rings is 1. The molecule has 0 aliphatic carbocycles. The predicted molar refractivity (Wildman–Crippen MR) is 74.5 cm³/mol. The minimum absolute atomic E-state index is 0.0149. The van der Waals surface area contributed by atoms with E-state index in [0.717, 1.165) is 17.7 Å². The Labute approximate surface area is 125 Å². The van der Waals surface area contributed by atoms with Crippen LogP contribution in [0.2, 0.25) is 0 Å². The van der Waals surface area contributed by atoms with Gasteiger partial charge >= 0.3 is 12.1 Å². The van der Waals surface area contributed by atoms with Gasteiger partial charge in [0.15, 0.2) is 0 Å². The molecule has 118 valence electrons. The highest BCUT2D eigenvalue weighted by atomic mass is 19.4. The van der Waals surface area contributed by atoms with E-state index in [0.29, 0.717) is 29.9 Å². The fraction of sp³-hybridized carbons (Fsp3) is 0.312. The largest absolute Gasteiger partial charge is 0.481 e. The summed E-state index contributed by atoms with van der Waals surface area (Å²) in [5.74, 6) is 0.210. The Balaban J connectivity index is 2.27. The fourth-order valence-electron chi connectivity index (χ4n) is 2.18. The highest BCUT2D eigenvalue weighted by Gasteiger charge is 2.30. The molecule has 1 heterocycles. The summed E-state index contributed by atoms with van der Waals surface area (Å²) in [6.07, 6.45) is -3.46. The molecule has 0 amide bonds. The first-order valence-corrected chi connectivity index (χ1v) is 6.82. The summed E-state index contributed by atoms with van der Waals surface area (Å²) in [6, 6.07) is 6.40. The van der Waals surface area contributed by atoms with Crippen LogP contribution in [0.15, 0.2) is 34.7 Å². The van der Waals surface area contributed by atoms with Crippen LogP contribution in [0.4, 0.5) is 13.2 Å². The summed E-state index contributed by atoms with van der Waals surface area (Å²) < 4.78 is 43.3. The molecular formula is C16H15F3O3. The molecule has 0 aliphatic rings. The van der Waals surface area contributed by atoms with Crippen LogP contribution in [0.3, 0.4) is 0 Å². The third kappa shape index (κ3) is 3.69. The number of hydrogen-bond donors (Lipinski definition) is 1. The second kappa shape index (κ2) is 6.25. The van der Waals surface area contributed by atoms with Crippen LogP contribution >= 0.6 is 0 Å². The maximum atomic E-state index is 12.5. The van der Waals surface area contributed by atoms with Gasteiger partial charge in [-0.15, -0.1) is 0 Å². The van der Waals surface area contributed by atoms with E-state index in [9.17, 15) is 18.0 Å². The zero-order valence-corrected chi connectivity index (χ0v) is 11.9. The molecule has 0 aliphatic heterocycles. The lowest BCUT2D eigenvalue weighted by molar-refractivity contribution is -0.138. The van der Waals surface area contributed by atoms with E-state index in [1.165, 1.54) is 12.1 Å². The molecule has 1 aromatic carbocycles. The SMILES string of the molecule is CCc1oc(-c2ccc(C(F)(F)F)cc2)cc1CCC(=O)O. The molecule has 0 bridgehead atoms. The number of carbonyl (C=O) groups is 1. The van der Waals surface area contributed by atoms with E-state index in [2.05, 4.69) is 0 Å². The number of alkyl halides is 3. The van der Waals surface area contributed by atoms with Gasteiger partial charge in [0.05, 0.1) is 5.56 Å². The molecular weight excluding hydrogens is 297 g/mol. The first kappa shape index (κ1) is 16.1. The van der Waals surface area contributed by atoms with Crippen molar-refractivity contribution in [3.05, 3.63) is 47.2 Å². The summed E-state index contributed by atoms with van der Waals surface area (Å²) in [5.41, 5.74) is 0.591. The highest BCUT2D eigenvalue weighted by molar-refractivity contribution is 5.67. The monoisotopic (exact) mass is 312 g/mol. The van der Waals surface area contributed by atoms with Crippen molar-refractivity contribution in [1.29, 1.82) is 0 Å². The Morgan fingerprint density at radius 2 is 1.86 bits per heavy atom. The second-order valence-corrected chi connectivity index (χ2v) is 4.88. The Morgan fingerprint density at radius 1 is 1.23 bits per heavy atom. The lowest BCUT2D eigenvalue weighted by Crippen LogP contribution is -2.03. The molecule has 3 nitrogen and oxygen atoms in total. The smallest absolute Gasteiger partial charge is 0.416 e. The van der Waals surface area contributed by atoms with Gasteiger partial charge in [0.25, 0.3) is 0 Å². The molecule has 0 spiro atoms. The van der Waals surface area contributed by atoms with Crippen molar-refractivity contribution in [2.45, 2.75) is 32.4 Å². The van der Waals surface area contributed by atoms with Gasteiger partial charge in [-0.2, -0.15) is 13.2 Å². The van der Waals surface area contributed by atoms with Gasteiger partial charge in [0.2, 0.25) is 0 Å². The summed E-state index contributed by atoms with van der Waals surface area (Å²) in [5, 5.41) is 8.73. The van der Waals surface area contributed by atoms with Crippen LogP contribution in [0, 0.1) is 0 Å². The van der Waals surface area contributed by atoms with Crippen molar-refractivity contribution in [2.75, 3.05) is 0 Å². The Kier molecular flexibility index (Phi) is 4.59. The van der Waals surface area contributed by atoms with Gasteiger partial charge in [-0.1, -0.05) is 19.1 Å². The number of rotatable bonds is 5. The average Bonchev–Trinajstić information content (AvgIpc) is 2.87. The molecule has 0 saturated carbocycles. The van der Waals surface area contributed by atoms with Crippen LogP contribution < -0.4 is 0 Å². The van der Waals surface area contributed by atoms with Crippen LogP contribution in [0.5, 0.6) is 0 Å². The molecule has 0 saturated heterocycles. The molecule has 1 N–H and O–H groups in total.